The molecule has 2 heteroatoms. The maximum Gasteiger partial charge on any atom is 0.139 e. The number of nitrogens with zero attached hydrogens (tertiary/aromatic N) is 1. The van der Waals surface area contributed by atoms with Crippen LogP contribution in [0.5, 0.6) is 0 Å². The van der Waals surface area contributed by atoms with E-state index in [4.69, 9.17) is 0 Å². The van der Waals surface area contributed by atoms with Gasteiger partial charge < -0.3 is 4.90 Å². The predicted octanol–water partition coefficient (Wildman–Crippen LogP) is 2.33. The van der Waals surface area contributed by atoms with Gasteiger partial charge in [-0.1, -0.05) is 13.8 Å². The summed E-state index contributed by atoms with van der Waals surface area (Å²) in [5, 5.41) is 0. The van der Waals surface area contributed by atoms with Crippen molar-refractivity contribution >= 4 is 5.78 Å². The van der Waals surface area contributed by atoms with Crippen LogP contribution in [-0.2, 0) is 4.79 Å². The van der Waals surface area contributed by atoms with Crippen LogP contribution in [-0.4, -0.2) is 30.8 Å². The van der Waals surface area contributed by atoms with Gasteiger partial charge in [0.2, 0.25) is 0 Å². The van der Waals surface area contributed by atoms with Crippen LogP contribution in [0.4, 0.5) is 0 Å². The molecule has 0 N–H and O–H groups in total. The first kappa shape index (κ1) is 11.7. The lowest BCUT2D eigenvalue weighted by atomic mass is 9.83. The number of Topliss-reactive ketones (excluding diaryl/α,β-unsaturated/α-hetero) is 1. The predicted molar refractivity (Wildman–Crippen MR) is 59.3 cm³/mol. The maximum atomic E-state index is 12.0. The smallest absolute Gasteiger partial charge is 0.139 e. The molecule has 1 heterocycles. The van der Waals surface area contributed by atoms with Crippen LogP contribution in [0.25, 0.3) is 0 Å². The van der Waals surface area contributed by atoms with Crippen molar-refractivity contribution in [3.8, 4) is 0 Å². The molecule has 1 saturated heterocycles. The molecule has 0 spiro atoms. The third-order valence-electron chi connectivity index (χ3n) is 3.51. The average Bonchev–Trinajstić information content (AvgIpc) is 2.20. The first-order valence-corrected chi connectivity index (χ1v) is 5.91. The van der Waals surface area contributed by atoms with Crippen molar-refractivity contribution in [2.24, 2.45) is 11.8 Å². The lowest BCUT2D eigenvalue weighted by Crippen LogP contribution is -2.35. The molecule has 0 amide bonds. The number of hydrogen-bond acceptors (Lipinski definition) is 2. The molecule has 0 unspecified atom stereocenters. The molecule has 1 fully saturated rings. The standard InChI is InChI=1S/C12H23NO/c1-4-10(5-2)12(14)11-6-8-13(3)9-7-11/h10-11H,4-9H2,1-3H3. The van der Waals surface area contributed by atoms with E-state index in [9.17, 15) is 4.79 Å². The van der Waals surface area contributed by atoms with Crippen molar-refractivity contribution in [3.05, 3.63) is 0 Å². The van der Waals surface area contributed by atoms with Gasteiger partial charge >= 0.3 is 0 Å². The van der Waals surface area contributed by atoms with Gasteiger partial charge in [0, 0.05) is 11.8 Å². The SMILES string of the molecule is CCC(CC)C(=O)C1CCN(C)CC1. The van der Waals surface area contributed by atoms with Crippen molar-refractivity contribution in [1.82, 2.24) is 4.90 Å². The van der Waals surface area contributed by atoms with Crippen LogP contribution in [0.2, 0.25) is 0 Å². The quantitative estimate of drug-likeness (QED) is 0.689. The van der Waals surface area contributed by atoms with Gasteiger partial charge in [0.1, 0.15) is 5.78 Å². The van der Waals surface area contributed by atoms with Crippen molar-refractivity contribution in [2.75, 3.05) is 20.1 Å². The highest BCUT2D eigenvalue weighted by molar-refractivity contribution is 5.83. The number of carbonyl (C=O) groups is 1. The van der Waals surface area contributed by atoms with E-state index < -0.39 is 0 Å². The largest absolute Gasteiger partial charge is 0.306 e. The second-order valence-electron chi connectivity index (χ2n) is 4.49. The van der Waals surface area contributed by atoms with Gasteiger partial charge in [-0.3, -0.25) is 4.79 Å². The van der Waals surface area contributed by atoms with Crippen LogP contribution >= 0.6 is 0 Å². The lowest BCUT2D eigenvalue weighted by Gasteiger charge is -2.29. The summed E-state index contributed by atoms with van der Waals surface area (Å²) in [6, 6.07) is 0. The first-order chi connectivity index (χ1) is 6.69. The van der Waals surface area contributed by atoms with E-state index in [1.54, 1.807) is 0 Å². The third kappa shape index (κ3) is 2.81. The van der Waals surface area contributed by atoms with Gasteiger partial charge in [-0.2, -0.15) is 0 Å². The molecule has 82 valence electrons. The van der Waals surface area contributed by atoms with Gasteiger partial charge in [0.25, 0.3) is 0 Å². The summed E-state index contributed by atoms with van der Waals surface area (Å²) in [6.45, 7) is 6.44. The molecule has 0 atom stereocenters. The number of hydrogen-bond donors (Lipinski definition) is 0. The summed E-state index contributed by atoms with van der Waals surface area (Å²) in [6.07, 6.45) is 4.18. The van der Waals surface area contributed by atoms with Crippen LogP contribution in [0.3, 0.4) is 0 Å². The van der Waals surface area contributed by atoms with Gasteiger partial charge in [-0.15, -0.1) is 0 Å². The maximum absolute atomic E-state index is 12.0. The van der Waals surface area contributed by atoms with Gasteiger partial charge in [0.15, 0.2) is 0 Å². The van der Waals surface area contributed by atoms with Crippen LogP contribution in [0, 0.1) is 11.8 Å². The van der Waals surface area contributed by atoms with Gasteiger partial charge in [0.05, 0.1) is 0 Å². The Morgan fingerprint density at radius 3 is 2.21 bits per heavy atom. The Morgan fingerprint density at radius 1 is 1.29 bits per heavy atom. The zero-order chi connectivity index (χ0) is 10.6. The van der Waals surface area contributed by atoms with Crippen molar-refractivity contribution in [2.45, 2.75) is 39.5 Å². The Balaban J connectivity index is 2.44. The highest BCUT2D eigenvalue weighted by atomic mass is 16.1. The van der Waals surface area contributed by atoms with Crippen molar-refractivity contribution in [1.29, 1.82) is 0 Å². The summed E-state index contributed by atoms with van der Waals surface area (Å²) >= 11 is 0. The molecule has 1 aliphatic heterocycles. The molecule has 0 aromatic heterocycles. The monoisotopic (exact) mass is 197 g/mol. The molecule has 0 saturated carbocycles. The molecular weight excluding hydrogens is 174 g/mol. The molecule has 0 bridgehead atoms. The normalized spacial score (nSPS) is 20.3. The number of rotatable bonds is 4. The Bertz CT molecular complexity index is 179. The Labute approximate surface area is 87.7 Å². The highest BCUT2D eigenvalue weighted by Gasteiger charge is 2.27. The van der Waals surface area contributed by atoms with Crippen molar-refractivity contribution in [3.63, 3.8) is 0 Å². The van der Waals surface area contributed by atoms with Gasteiger partial charge in [-0.05, 0) is 45.8 Å². The lowest BCUT2D eigenvalue weighted by molar-refractivity contribution is -0.128. The fraction of sp³-hybridized carbons (Fsp3) is 0.917. The zero-order valence-corrected chi connectivity index (χ0v) is 9.75. The third-order valence-corrected chi connectivity index (χ3v) is 3.51. The minimum atomic E-state index is 0.323. The average molecular weight is 197 g/mol. The van der Waals surface area contributed by atoms with E-state index in [1.165, 1.54) is 0 Å². The minimum absolute atomic E-state index is 0.323. The number of piperidine rings is 1. The second kappa shape index (κ2) is 5.50. The molecule has 1 aliphatic rings. The Kier molecular flexibility index (Phi) is 4.59. The number of likely N-dealkylation sites (tertiary alicyclic amines) is 1. The minimum Gasteiger partial charge on any atom is -0.306 e. The Hall–Kier alpha value is -0.370. The van der Waals surface area contributed by atoms with E-state index in [0.717, 1.165) is 38.8 Å². The van der Waals surface area contributed by atoms with Gasteiger partial charge in [-0.25, -0.2) is 0 Å². The topological polar surface area (TPSA) is 20.3 Å². The summed E-state index contributed by atoms with van der Waals surface area (Å²) < 4.78 is 0. The summed E-state index contributed by atoms with van der Waals surface area (Å²) in [7, 11) is 2.14. The molecule has 1 rings (SSSR count). The van der Waals surface area contributed by atoms with E-state index in [1.807, 2.05) is 0 Å². The van der Waals surface area contributed by atoms with Crippen molar-refractivity contribution < 1.29 is 4.79 Å². The van der Waals surface area contributed by atoms with E-state index in [2.05, 4.69) is 25.8 Å². The molecule has 0 radical (unpaired) electrons. The van der Waals surface area contributed by atoms with Crippen LogP contribution in [0.1, 0.15) is 39.5 Å². The fourth-order valence-corrected chi connectivity index (χ4v) is 2.32. The summed E-state index contributed by atoms with van der Waals surface area (Å²) in [5.41, 5.74) is 0. The van der Waals surface area contributed by atoms with E-state index in [-0.39, 0.29) is 0 Å². The molecular formula is C12H23NO. The first-order valence-electron chi connectivity index (χ1n) is 5.91. The molecule has 14 heavy (non-hydrogen) atoms. The number of ketones is 1. The zero-order valence-electron chi connectivity index (χ0n) is 9.75. The molecule has 0 aliphatic carbocycles. The Morgan fingerprint density at radius 2 is 1.79 bits per heavy atom. The summed E-state index contributed by atoms with van der Waals surface area (Å²) in [5.74, 6) is 1.21. The van der Waals surface area contributed by atoms with E-state index >= 15 is 0 Å². The van der Waals surface area contributed by atoms with E-state index in [0.29, 0.717) is 17.6 Å². The molecule has 0 aromatic carbocycles. The fourth-order valence-electron chi connectivity index (χ4n) is 2.32. The molecule has 0 aromatic rings. The highest BCUT2D eigenvalue weighted by Crippen LogP contribution is 2.23. The number of carbonyl (C=O) groups excluding carboxylic acids is 1. The second-order valence-corrected chi connectivity index (χ2v) is 4.49. The van der Waals surface area contributed by atoms with Crippen LogP contribution in [0.15, 0.2) is 0 Å². The van der Waals surface area contributed by atoms with Crippen LogP contribution < -0.4 is 0 Å². The molecule has 2 nitrogen and oxygen atoms in total. The summed E-state index contributed by atoms with van der Waals surface area (Å²) in [4.78, 5) is 14.4.